The van der Waals surface area contributed by atoms with Crippen LogP contribution in [0.1, 0.15) is 17.4 Å². The molecule has 0 bridgehead atoms. The van der Waals surface area contributed by atoms with E-state index in [4.69, 9.17) is 9.68 Å². The van der Waals surface area contributed by atoms with Gasteiger partial charge in [-0.15, -0.1) is 0 Å². The number of nitrogens with one attached hydrogen (secondary N) is 1. The van der Waals surface area contributed by atoms with Gasteiger partial charge >= 0.3 is 0 Å². The van der Waals surface area contributed by atoms with E-state index in [0.717, 1.165) is 0 Å². The van der Waals surface area contributed by atoms with Crippen LogP contribution in [-0.4, -0.2) is 24.7 Å². The van der Waals surface area contributed by atoms with Crippen molar-refractivity contribution in [1.29, 1.82) is 5.26 Å². The van der Waals surface area contributed by atoms with Crippen LogP contribution in [0.25, 0.3) is 0 Å². The number of nitrogens with zero attached hydrogens (tertiary/aromatic N) is 3. The number of sulfonamides is 1. The second-order valence-corrected chi connectivity index (χ2v) is 6.77. The highest BCUT2D eigenvalue weighted by Gasteiger charge is 2.21. The van der Waals surface area contributed by atoms with Crippen LogP contribution in [0.5, 0.6) is 0 Å². The van der Waals surface area contributed by atoms with Crippen molar-refractivity contribution in [2.24, 2.45) is 0 Å². The first-order valence-electron chi connectivity index (χ1n) is 7.12. The molecule has 0 aliphatic rings. The number of furan rings is 1. The molecule has 0 radical (unpaired) electrons. The topological polar surface area (TPSA) is 101 Å². The minimum absolute atomic E-state index is 0.0809. The van der Waals surface area contributed by atoms with E-state index in [9.17, 15) is 8.42 Å². The van der Waals surface area contributed by atoms with E-state index in [1.54, 1.807) is 35.3 Å². The normalized spacial score (nSPS) is 12.6. The summed E-state index contributed by atoms with van der Waals surface area (Å²) in [5.41, 5.74) is 0.402. The summed E-state index contributed by atoms with van der Waals surface area (Å²) >= 11 is 0. The van der Waals surface area contributed by atoms with Crippen LogP contribution in [0.3, 0.4) is 0 Å². The first kappa shape index (κ1) is 16.0. The van der Waals surface area contributed by atoms with Gasteiger partial charge in [-0.1, -0.05) is 0 Å². The summed E-state index contributed by atoms with van der Waals surface area (Å²) in [6, 6.07) is 12.5. The molecule has 2 heterocycles. The molecule has 3 rings (SSSR count). The molecule has 7 nitrogen and oxygen atoms in total. The fourth-order valence-electron chi connectivity index (χ4n) is 2.25. The Kier molecular flexibility index (Phi) is 4.46. The van der Waals surface area contributed by atoms with E-state index in [2.05, 4.69) is 9.82 Å². The van der Waals surface area contributed by atoms with E-state index in [-0.39, 0.29) is 11.4 Å². The highest BCUT2D eigenvalue weighted by Crippen LogP contribution is 2.18. The molecule has 1 aromatic carbocycles. The smallest absolute Gasteiger partial charge is 0.240 e. The number of benzene rings is 1. The second kappa shape index (κ2) is 6.70. The minimum Gasteiger partial charge on any atom is -0.467 e. The van der Waals surface area contributed by atoms with Crippen LogP contribution in [0.2, 0.25) is 0 Å². The average Bonchev–Trinajstić information content (AvgIpc) is 3.29. The predicted octanol–water partition coefficient (Wildman–Crippen LogP) is 1.92. The average molecular weight is 342 g/mol. The molecule has 8 heteroatoms. The van der Waals surface area contributed by atoms with Gasteiger partial charge in [0, 0.05) is 18.9 Å². The van der Waals surface area contributed by atoms with Crippen molar-refractivity contribution in [3.63, 3.8) is 0 Å². The highest BCUT2D eigenvalue weighted by molar-refractivity contribution is 7.89. The lowest BCUT2D eigenvalue weighted by Crippen LogP contribution is -2.31. The van der Waals surface area contributed by atoms with E-state index < -0.39 is 16.1 Å². The third-order valence-corrected chi connectivity index (χ3v) is 4.92. The Bertz CT molecular complexity index is 890. The van der Waals surface area contributed by atoms with Crippen LogP contribution >= 0.6 is 0 Å². The molecular formula is C16H14N4O3S. The Hall–Kier alpha value is -2.89. The van der Waals surface area contributed by atoms with Crippen molar-refractivity contribution in [2.75, 3.05) is 6.54 Å². The van der Waals surface area contributed by atoms with E-state index in [1.165, 1.54) is 30.5 Å². The maximum atomic E-state index is 12.4. The Morgan fingerprint density at radius 3 is 2.62 bits per heavy atom. The van der Waals surface area contributed by atoms with Gasteiger partial charge < -0.3 is 4.42 Å². The number of hydrogen-bond donors (Lipinski definition) is 1. The molecular weight excluding hydrogens is 328 g/mol. The number of aromatic nitrogens is 2. The quantitative estimate of drug-likeness (QED) is 0.737. The fourth-order valence-corrected chi connectivity index (χ4v) is 3.29. The number of nitriles is 1. The van der Waals surface area contributed by atoms with Gasteiger partial charge in [-0.25, -0.2) is 13.1 Å². The van der Waals surface area contributed by atoms with Crippen molar-refractivity contribution >= 4 is 10.0 Å². The highest BCUT2D eigenvalue weighted by atomic mass is 32.2. The first-order chi connectivity index (χ1) is 11.6. The maximum Gasteiger partial charge on any atom is 0.240 e. The number of hydrogen-bond acceptors (Lipinski definition) is 5. The van der Waals surface area contributed by atoms with Gasteiger partial charge in [-0.2, -0.15) is 10.4 Å². The van der Waals surface area contributed by atoms with Crippen molar-refractivity contribution in [1.82, 2.24) is 14.5 Å². The Morgan fingerprint density at radius 1 is 1.25 bits per heavy atom. The van der Waals surface area contributed by atoms with E-state index in [0.29, 0.717) is 11.3 Å². The van der Waals surface area contributed by atoms with Gasteiger partial charge in [-0.05, 0) is 42.5 Å². The van der Waals surface area contributed by atoms with Gasteiger partial charge in [0.25, 0.3) is 0 Å². The molecule has 0 amide bonds. The van der Waals surface area contributed by atoms with Gasteiger partial charge in [0.05, 0.1) is 22.8 Å². The molecule has 0 unspecified atom stereocenters. The lowest BCUT2D eigenvalue weighted by atomic mass is 10.2. The zero-order valence-corrected chi connectivity index (χ0v) is 13.3. The van der Waals surface area contributed by atoms with Gasteiger partial charge in [0.2, 0.25) is 10.0 Å². The molecule has 1 N–H and O–H groups in total. The van der Waals surface area contributed by atoms with Crippen molar-refractivity contribution in [3.8, 4) is 6.07 Å². The van der Waals surface area contributed by atoms with Crippen LogP contribution < -0.4 is 4.72 Å². The molecule has 0 fully saturated rings. The standard InChI is InChI=1S/C16H14N4O3S/c17-11-13-4-6-14(7-5-13)24(21,22)19-12-15(16-3-1-10-23-16)20-9-2-8-18-20/h1-10,15,19H,12H2/t15-/m1/s1. The molecule has 0 saturated heterocycles. The van der Waals surface area contributed by atoms with Gasteiger partial charge in [0.15, 0.2) is 0 Å². The summed E-state index contributed by atoms with van der Waals surface area (Å²) in [4.78, 5) is 0.0974. The van der Waals surface area contributed by atoms with Crippen molar-refractivity contribution in [2.45, 2.75) is 10.9 Å². The van der Waals surface area contributed by atoms with E-state index in [1.807, 2.05) is 6.07 Å². The monoisotopic (exact) mass is 342 g/mol. The second-order valence-electron chi connectivity index (χ2n) is 5.01. The third kappa shape index (κ3) is 3.37. The fraction of sp³-hybridized carbons (Fsp3) is 0.125. The van der Waals surface area contributed by atoms with Crippen LogP contribution in [0.15, 0.2) is 70.4 Å². The molecule has 0 aliphatic carbocycles. The summed E-state index contributed by atoms with van der Waals surface area (Å²) in [6.45, 7) is 0.0809. The largest absolute Gasteiger partial charge is 0.467 e. The number of rotatable bonds is 6. The van der Waals surface area contributed by atoms with Gasteiger partial charge in [0.1, 0.15) is 11.8 Å². The summed E-state index contributed by atoms with van der Waals surface area (Å²) in [5.74, 6) is 0.598. The lowest BCUT2D eigenvalue weighted by molar-refractivity contribution is 0.402. The third-order valence-electron chi connectivity index (χ3n) is 3.48. The molecule has 2 aromatic heterocycles. The zero-order valence-electron chi connectivity index (χ0n) is 12.5. The molecule has 0 saturated carbocycles. The summed E-state index contributed by atoms with van der Waals surface area (Å²) in [7, 11) is -3.70. The Balaban J connectivity index is 1.80. The Labute approximate surface area is 139 Å². The van der Waals surface area contributed by atoms with Crippen LogP contribution in [0.4, 0.5) is 0 Å². The molecule has 3 aromatic rings. The molecule has 24 heavy (non-hydrogen) atoms. The predicted molar refractivity (Wildman–Crippen MR) is 85.4 cm³/mol. The van der Waals surface area contributed by atoms with Crippen LogP contribution in [-0.2, 0) is 10.0 Å². The Morgan fingerprint density at radius 2 is 2.04 bits per heavy atom. The molecule has 0 spiro atoms. The SMILES string of the molecule is N#Cc1ccc(S(=O)(=O)NC[C@H](c2ccco2)n2cccn2)cc1. The lowest BCUT2D eigenvalue weighted by Gasteiger charge is -2.16. The summed E-state index contributed by atoms with van der Waals surface area (Å²) in [5, 5.41) is 12.9. The molecule has 1 atom stereocenters. The van der Waals surface area contributed by atoms with Crippen molar-refractivity contribution < 1.29 is 12.8 Å². The van der Waals surface area contributed by atoms with Gasteiger partial charge in [-0.3, -0.25) is 4.68 Å². The molecule has 0 aliphatic heterocycles. The maximum absolute atomic E-state index is 12.4. The zero-order chi connectivity index (χ0) is 17.0. The summed E-state index contributed by atoms with van der Waals surface area (Å²) < 4.78 is 34.4. The van der Waals surface area contributed by atoms with Crippen LogP contribution in [0, 0.1) is 11.3 Å². The first-order valence-corrected chi connectivity index (χ1v) is 8.61. The van der Waals surface area contributed by atoms with Crippen molar-refractivity contribution in [3.05, 3.63) is 72.4 Å². The van der Waals surface area contributed by atoms with E-state index >= 15 is 0 Å². The summed E-state index contributed by atoms with van der Waals surface area (Å²) in [6.07, 6.45) is 4.88. The minimum atomic E-state index is -3.70. The molecule has 122 valence electrons.